The van der Waals surface area contributed by atoms with Crippen LogP contribution in [0.5, 0.6) is 0 Å². The van der Waals surface area contributed by atoms with Gasteiger partial charge in [0.15, 0.2) is 0 Å². The quantitative estimate of drug-likeness (QED) is 0.171. The molecule has 0 unspecified atom stereocenters. The summed E-state index contributed by atoms with van der Waals surface area (Å²) in [6.07, 6.45) is 9.25. The van der Waals surface area contributed by atoms with E-state index >= 15 is 0 Å². The van der Waals surface area contributed by atoms with Crippen molar-refractivity contribution in [2.75, 3.05) is 0 Å². The highest BCUT2D eigenvalue weighted by Gasteiger charge is 2.16. The number of fused-ring (bicyclic) bond motifs is 2. The minimum absolute atomic E-state index is 0.283. The van der Waals surface area contributed by atoms with Crippen molar-refractivity contribution < 1.29 is 4.39 Å². The van der Waals surface area contributed by atoms with Gasteiger partial charge in [-0.25, -0.2) is 9.37 Å². The van der Waals surface area contributed by atoms with Crippen molar-refractivity contribution in [2.24, 2.45) is 0 Å². The Morgan fingerprint density at radius 2 is 1.83 bits per heavy atom. The lowest BCUT2D eigenvalue weighted by atomic mass is 10.0. The number of hydrogen-bond acceptors (Lipinski definition) is 4. The Bertz CT molecular complexity index is 1980. The Morgan fingerprint density at radius 3 is 2.61 bits per heavy atom. The zero-order chi connectivity index (χ0) is 28.3. The largest absolute Gasteiger partial charge is 0.356 e. The van der Waals surface area contributed by atoms with E-state index < -0.39 is 0 Å². The average molecular weight is 539 g/mol. The average Bonchev–Trinajstić information content (AvgIpc) is 3.63. The summed E-state index contributed by atoms with van der Waals surface area (Å²) >= 11 is 0. The van der Waals surface area contributed by atoms with Crippen molar-refractivity contribution in [2.45, 2.75) is 6.92 Å². The topological polar surface area (TPSA) is 82.3 Å². The van der Waals surface area contributed by atoms with Gasteiger partial charge in [-0.2, -0.15) is 5.10 Å². The number of nitrogens with zero attached hydrogens (tertiary/aromatic N) is 3. The van der Waals surface area contributed by atoms with Gasteiger partial charge < -0.3 is 10.3 Å². The molecule has 0 atom stereocenters. The highest BCUT2D eigenvalue weighted by molar-refractivity contribution is 6.00. The summed E-state index contributed by atoms with van der Waals surface area (Å²) in [6, 6.07) is 22.4. The number of halogens is 1. The SMILES string of the molecule is C=C/C(=C\C(=C/C)c1cc2c(-c3cc4c(-c5cccc(F)c5)ccnc4[nH]3)n[nH]c2cn1)NC(=C)c1ccccc1. The molecule has 41 heavy (non-hydrogen) atoms. The lowest BCUT2D eigenvalue weighted by molar-refractivity contribution is 0.628. The summed E-state index contributed by atoms with van der Waals surface area (Å²) < 4.78 is 14.0. The molecule has 200 valence electrons. The van der Waals surface area contributed by atoms with Gasteiger partial charge in [0.25, 0.3) is 0 Å². The first-order chi connectivity index (χ1) is 20.0. The molecule has 4 heterocycles. The van der Waals surface area contributed by atoms with Crippen LogP contribution < -0.4 is 5.32 Å². The zero-order valence-electron chi connectivity index (χ0n) is 22.4. The molecule has 0 bridgehead atoms. The summed E-state index contributed by atoms with van der Waals surface area (Å²) in [4.78, 5) is 12.6. The molecule has 0 saturated carbocycles. The lowest BCUT2D eigenvalue weighted by Gasteiger charge is -2.12. The fraction of sp³-hybridized carbons (Fsp3) is 0.0294. The van der Waals surface area contributed by atoms with E-state index in [0.717, 1.165) is 67.0 Å². The molecule has 3 N–H and O–H groups in total. The molecule has 0 amide bonds. The van der Waals surface area contributed by atoms with Crippen LogP contribution in [0.3, 0.4) is 0 Å². The van der Waals surface area contributed by atoms with Crippen LogP contribution in [0.25, 0.3) is 55.7 Å². The minimum atomic E-state index is -0.283. The van der Waals surface area contributed by atoms with Gasteiger partial charge >= 0.3 is 0 Å². The number of rotatable bonds is 8. The standard InChI is InChI=1S/C34H27FN6/c1-4-22(17-26(5-2)38-21(3)23-10-7-6-8-11-23)30-19-29-32(20-37-30)40-41-33(29)31-18-28-27(14-15-36-34(28)39-31)24-12-9-13-25(35)16-24/h4-20,38H,2-3H2,1H3,(H,36,39)(H,40,41)/b22-4+,26-17+. The fourth-order valence-electron chi connectivity index (χ4n) is 4.85. The van der Waals surface area contributed by atoms with E-state index in [2.05, 4.69) is 43.6 Å². The maximum Gasteiger partial charge on any atom is 0.138 e. The van der Waals surface area contributed by atoms with Gasteiger partial charge in [-0.05, 0) is 71.7 Å². The number of allylic oxidation sites excluding steroid dienone is 4. The van der Waals surface area contributed by atoms with Crippen LogP contribution >= 0.6 is 0 Å². The summed E-state index contributed by atoms with van der Waals surface area (Å²) in [5, 5.41) is 12.8. The van der Waals surface area contributed by atoms with Gasteiger partial charge in [-0.1, -0.05) is 61.7 Å². The van der Waals surface area contributed by atoms with Crippen molar-refractivity contribution in [3.63, 3.8) is 0 Å². The Balaban J connectivity index is 1.36. The number of pyridine rings is 2. The van der Waals surface area contributed by atoms with Gasteiger partial charge in [-0.3, -0.25) is 10.1 Å². The summed E-state index contributed by atoms with van der Waals surface area (Å²) in [7, 11) is 0. The van der Waals surface area contributed by atoms with Crippen LogP contribution in [0, 0.1) is 5.82 Å². The molecule has 0 aliphatic carbocycles. The maximum absolute atomic E-state index is 14.0. The maximum atomic E-state index is 14.0. The molecule has 0 aliphatic rings. The van der Waals surface area contributed by atoms with Crippen LogP contribution in [0.1, 0.15) is 18.2 Å². The Kier molecular flexibility index (Phi) is 6.83. The van der Waals surface area contributed by atoms with E-state index in [1.807, 2.05) is 73.7 Å². The third kappa shape index (κ3) is 5.08. The second kappa shape index (κ2) is 10.9. The normalized spacial score (nSPS) is 12.1. The molecule has 2 aromatic carbocycles. The van der Waals surface area contributed by atoms with E-state index in [1.54, 1.807) is 24.5 Å². The Hall–Kier alpha value is -5.56. The number of hydrogen-bond donors (Lipinski definition) is 3. The molecule has 7 heteroatoms. The first-order valence-corrected chi connectivity index (χ1v) is 13.1. The van der Waals surface area contributed by atoms with E-state index in [0.29, 0.717) is 5.65 Å². The molecule has 6 nitrogen and oxygen atoms in total. The molecule has 0 radical (unpaired) electrons. The van der Waals surface area contributed by atoms with Crippen molar-refractivity contribution in [3.8, 4) is 22.5 Å². The van der Waals surface area contributed by atoms with Crippen LogP contribution in [-0.4, -0.2) is 25.1 Å². The van der Waals surface area contributed by atoms with E-state index in [-0.39, 0.29) is 5.82 Å². The number of H-pyrrole nitrogens is 2. The van der Waals surface area contributed by atoms with Gasteiger partial charge in [-0.15, -0.1) is 0 Å². The van der Waals surface area contributed by atoms with Crippen molar-refractivity contribution in [1.82, 2.24) is 30.5 Å². The fourth-order valence-corrected chi connectivity index (χ4v) is 4.85. The van der Waals surface area contributed by atoms with E-state index in [9.17, 15) is 4.39 Å². The third-order valence-corrected chi connectivity index (χ3v) is 6.93. The monoisotopic (exact) mass is 538 g/mol. The van der Waals surface area contributed by atoms with Gasteiger partial charge in [0.1, 0.15) is 17.2 Å². The van der Waals surface area contributed by atoms with Crippen molar-refractivity contribution in [1.29, 1.82) is 0 Å². The molecule has 6 rings (SSSR count). The molecule has 4 aromatic heterocycles. The number of benzene rings is 2. The number of aromatic amines is 2. The summed E-state index contributed by atoms with van der Waals surface area (Å²) in [6.45, 7) is 10.1. The van der Waals surface area contributed by atoms with Crippen LogP contribution in [0.2, 0.25) is 0 Å². The third-order valence-electron chi connectivity index (χ3n) is 6.93. The van der Waals surface area contributed by atoms with E-state index in [1.165, 1.54) is 12.1 Å². The second-order valence-electron chi connectivity index (χ2n) is 9.52. The lowest BCUT2D eigenvalue weighted by Crippen LogP contribution is -2.09. The van der Waals surface area contributed by atoms with Crippen LogP contribution in [0.4, 0.5) is 4.39 Å². The van der Waals surface area contributed by atoms with Crippen LogP contribution in [0.15, 0.2) is 122 Å². The molecule has 0 spiro atoms. The molecular formula is C34H27FN6. The number of nitrogens with one attached hydrogen (secondary N) is 3. The predicted octanol–water partition coefficient (Wildman–Crippen LogP) is 8.04. The van der Waals surface area contributed by atoms with Gasteiger partial charge in [0, 0.05) is 28.4 Å². The highest BCUT2D eigenvalue weighted by Crippen LogP contribution is 2.34. The highest BCUT2D eigenvalue weighted by atomic mass is 19.1. The summed E-state index contributed by atoms with van der Waals surface area (Å²) in [5.74, 6) is -0.283. The molecular weight excluding hydrogens is 511 g/mol. The van der Waals surface area contributed by atoms with Crippen molar-refractivity contribution >= 4 is 33.2 Å². The predicted molar refractivity (Wildman–Crippen MR) is 165 cm³/mol. The smallest absolute Gasteiger partial charge is 0.138 e. The first kappa shape index (κ1) is 25.7. The van der Waals surface area contributed by atoms with Crippen LogP contribution in [-0.2, 0) is 0 Å². The molecule has 0 fully saturated rings. The zero-order valence-corrected chi connectivity index (χ0v) is 22.4. The molecule has 0 saturated heterocycles. The van der Waals surface area contributed by atoms with Gasteiger partial charge in [0.05, 0.1) is 23.1 Å². The van der Waals surface area contributed by atoms with Gasteiger partial charge in [0.2, 0.25) is 0 Å². The Morgan fingerprint density at radius 1 is 0.976 bits per heavy atom. The Labute approximate surface area is 236 Å². The molecule has 0 aliphatic heterocycles. The van der Waals surface area contributed by atoms with E-state index in [4.69, 9.17) is 0 Å². The second-order valence-corrected chi connectivity index (χ2v) is 9.52. The van der Waals surface area contributed by atoms with Crippen molar-refractivity contribution in [3.05, 3.63) is 139 Å². The number of aromatic nitrogens is 5. The first-order valence-electron chi connectivity index (χ1n) is 13.1. The molecule has 6 aromatic rings. The summed E-state index contributed by atoms with van der Waals surface area (Å²) in [5.41, 5.74) is 8.98. The minimum Gasteiger partial charge on any atom is -0.356 e.